The second-order valence-electron chi connectivity index (χ2n) is 25.7. The Hall–Kier alpha value is -5.94. The van der Waals surface area contributed by atoms with E-state index in [1.807, 2.05) is 0 Å². The van der Waals surface area contributed by atoms with Gasteiger partial charge in [0.15, 0.2) is 0 Å². The summed E-state index contributed by atoms with van der Waals surface area (Å²) < 4.78 is 27.2. The SMILES string of the molecule is CCCCCCCCCCOc1ccc(-c2c3nc(c(-c4ccc(OCCC[N+](C)(C)C)cc4)c4ccc([nH]4)c(-c4ccc(OCCCCCCCCCC)cc4)c4nc(c(-c5ccc(OCCC[N+](C)(C)C)cc5)c5ccc2[nH]5)C=C4)C=C3)cc1.[I-].[I-]. The molecular formula is C76H98I2N6O4. The van der Waals surface area contributed by atoms with Gasteiger partial charge in [0, 0.05) is 57.2 Å². The maximum absolute atomic E-state index is 6.36. The van der Waals surface area contributed by atoms with Gasteiger partial charge in [-0.05, 0) is 132 Å². The fourth-order valence-electron chi connectivity index (χ4n) is 11.6. The topological polar surface area (TPSA) is 94.3 Å². The lowest BCUT2D eigenvalue weighted by molar-refractivity contribution is -0.870. The van der Waals surface area contributed by atoms with Crippen molar-refractivity contribution in [2.45, 2.75) is 129 Å². The molecule has 12 heteroatoms. The van der Waals surface area contributed by atoms with Gasteiger partial charge in [-0.3, -0.25) is 0 Å². The molecule has 0 radical (unpaired) electrons. The van der Waals surface area contributed by atoms with Gasteiger partial charge in [-0.1, -0.05) is 152 Å². The van der Waals surface area contributed by atoms with Crippen LogP contribution in [0.2, 0.25) is 0 Å². The van der Waals surface area contributed by atoms with Gasteiger partial charge in [-0.25, -0.2) is 9.97 Å². The average Bonchev–Trinajstić information content (AvgIpc) is 1.74. The van der Waals surface area contributed by atoms with Crippen LogP contribution in [0, 0.1) is 0 Å². The largest absolute Gasteiger partial charge is 1.00 e. The Kier molecular flexibility index (Phi) is 27.6. The van der Waals surface area contributed by atoms with Crippen LogP contribution in [0.1, 0.15) is 152 Å². The zero-order chi connectivity index (χ0) is 60.1. The van der Waals surface area contributed by atoms with Gasteiger partial charge >= 0.3 is 0 Å². The number of ether oxygens (including phenoxy) is 4. The van der Waals surface area contributed by atoms with E-state index in [9.17, 15) is 0 Å². The van der Waals surface area contributed by atoms with Crippen LogP contribution in [-0.4, -0.2) is 111 Å². The molecule has 0 spiro atoms. The van der Waals surface area contributed by atoms with Crippen molar-refractivity contribution < 1.29 is 75.9 Å². The second kappa shape index (κ2) is 34.9. The summed E-state index contributed by atoms with van der Waals surface area (Å²) in [5.74, 6) is 3.44. The highest BCUT2D eigenvalue weighted by Crippen LogP contribution is 2.40. The molecule has 0 saturated carbocycles. The van der Waals surface area contributed by atoms with E-state index in [2.05, 4.69) is 212 Å². The van der Waals surface area contributed by atoms with E-state index < -0.39 is 0 Å². The van der Waals surface area contributed by atoms with Gasteiger partial charge in [0.25, 0.3) is 0 Å². The van der Waals surface area contributed by atoms with Crippen molar-refractivity contribution in [3.05, 3.63) is 144 Å². The van der Waals surface area contributed by atoms with Crippen molar-refractivity contribution in [1.82, 2.24) is 19.9 Å². The number of rotatable bonds is 34. The highest BCUT2D eigenvalue weighted by atomic mass is 127. The van der Waals surface area contributed by atoms with E-state index in [1.165, 1.54) is 89.9 Å². The van der Waals surface area contributed by atoms with E-state index in [4.69, 9.17) is 28.9 Å². The third-order valence-electron chi connectivity index (χ3n) is 16.3. The van der Waals surface area contributed by atoms with Crippen molar-refractivity contribution >= 4 is 46.4 Å². The molecule has 88 heavy (non-hydrogen) atoms. The highest BCUT2D eigenvalue weighted by molar-refractivity contribution is 6.00. The quantitative estimate of drug-likeness (QED) is 0.0237. The summed E-state index contributed by atoms with van der Waals surface area (Å²) in [6, 6.07) is 42.9. The number of unbranched alkanes of at least 4 members (excludes halogenated alkanes) is 14. The molecule has 0 saturated heterocycles. The van der Waals surface area contributed by atoms with Gasteiger partial charge in [0.05, 0.1) is 105 Å². The molecule has 10 nitrogen and oxygen atoms in total. The van der Waals surface area contributed by atoms with Gasteiger partial charge in [-0.15, -0.1) is 0 Å². The predicted molar refractivity (Wildman–Crippen MR) is 363 cm³/mol. The fraction of sp³-hybridized carbons (Fsp3) is 0.421. The van der Waals surface area contributed by atoms with Crippen LogP contribution >= 0.6 is 0 Å². The summed E-state index contributed by atoms with van der Waals surface area (Å²) in [5, 5.41) is 0. The van der Waals surface area contributed by atoms with Gasteiger partial charge in [0.2, 0.25) is 0 Å². The molecule has 0 aliphatic carbocycles. The number of aromatic nitrogens is 4. The Morgan fingerprint density at radius 1 is 0.295 bits per heavy atom. The molecule has 7 aromatic rings. The fourth-order valence-corrected chi connectivity index (χ4v) is 11.6. The molecule has 2 N–H and O–H groups in total. The Morgan fingerprint density at radius 2 is 0.523 bits per heavy atom. The van der Waals surface area contributed by atoms with Crippen LogP contribution in [0.4, 0.5) is 0 Å². The summed E-state index contributed by atoms with van der Waals surface area (Å²) in [6.07, 6.45) is 30.8. The summed E-state index contributed by atoms with van der Waals surface area (Å²) in [5.41, 5.74) is 15.2. The molecule has 4 aromatic carbocycles. The van der Waals surface area contributed by atoms with Crippen molar-refractivity contribution in [2.24, 2.45) is 0 Å². The maximum Gasteiger partial charge on any atom is 0.119 e. The number of quaternary nitrogens is 2. The second-order valence-corrected chi connectivity index (χ2v) is 25.7. The van der Waals surface area contributed by atoms with Gasteiger partial charge < -0.3 is 85.8 Å². The minimum absolute atomic E-state index is 0. The normalized spacial score (nSPS) is 12.0. The first-order valence-corrected chi connectivity index (χ1v) is 32.5. The Balaban J connectivity index is 0.00000552. The van der Waals surface area contributed by atoms with Crippen LogP contribution in [-0.2, 0) is 0 Å². The lowest BCUT2D eigenvalue weighted by Crippen LogP contribution is -3.00. The predicted octanol–water partition coefficient (Wildman–Crippen LogP) is 13.3. The third kappa shape index (κ3) is 20.5. The van der Waals surface area contributed by atoms with Crippen molar-refractivity contribution in [3.63, 3.8) is 0 Å². The smallest absolute Gasteiger partial charge is 0.119 e. The van der Waals surface area contributed by atoms with Crippen LogP contribution < -0.4 is 66.9 Å². The number of nitrogens with one attached hydrogen (secondary N) is 2. The molecular weight excluding hydrogens is 1310 g/mol. The highest BCUT2D eigenvalue weighted by Gasteiger charge is 2.20. The minimum Gasteiger partial charge on any atom is -1.00 e. The number of nitrogens with zero attached hydrogens (tertiary/aromatic N) is 4. The lowest BCUT2D eigenvalue weighted by Gasteiger charge is -2.23. The van der Waals surface area contributed by atoms with Crippen LogP contribution in [0.25, 0.3) is 90.9 Å². The van der Waals surface area contributed by atoms with Crippen LogP contribution in [0.15, 0.2) is 121 Å². The standard InChI is InChI=1S/C76H98N6O4.2HI/c1-9-11-13-15-17-19-21-23-53-83-61-35-27-57(28-36-61)73-65-43-47-69(77-65)75(59-31-39-63(40-32-59)85-55-25-51-81(3,4)5)71-49-45-67(79-71)74(58-29-37-62(38-30-58)84-54-24-22-20-18-16-14-12-10-2)68-46-50-72(80-68)76(70-48-44-66(73)78-70)60-33-41-64(42-34-60)86-56-26-52-82(6,7)8;;/h27-50,77,80H,9-26,51-56H2,1-8H3;2*1H/q+2;;/p-2. The van der Waals surface area contributed by atoms with Crippen molar-refractivity contribution in [2.75, 3.05) is 81.8 Å². The molecule has 2 aliphatic heterocycles. The van der Waals surface area contributed by atoms with E-state index >= 15 is 0 Å². The van der Waals surface area contributed by atoms with Gasteiger partial charge in [0.1, 0.15) is 23.0 Å². The molecule has 0 amide bonds. The number of benzene rings is 4. The monoisotopic (exact) mass is 1410 g/mol. The minimum atomic E-state index is 0. The molecule has 0 fully saturated rings. The molecule has 470 valence electrons. The van der Waals surface area contributed by atoms with Crippen LogP contribution in [0.3, 0.4) is 0 Å². The van der Waals surface area contributed by atoms with E-state index in [0.29, 0.717) is 26.4 Å². The zero-order valence-corrected chi connectivity index (χ0v) is 58.3. The van der Waals surface area contributed by atoms with E-state index in [0.717, 1.165) is 160 Å². The third-order valence-corrected chi connectivity index (χ3v) is 16.3. The first-order valence-electron chi connectivity index (χ1n) is 32.5. The molecule has 8 bridgehead atoms. The molecule has 0 atom stereocenters. The van der Waals surface area contributed by atoms with Gasteiger partial charge in [-0.2, -0.15) is 0 Å². The Bertz CT molecular complexity index is 3250. The maximum atomic E-state index is 6.36. The molecule has 0 unspecified atom stereocenters. The number of aromatic amines is 2. The van der Waals surface area contributed by atoms with E-state index in [-0.39, 0.29) is 48.0 Å². The summed E-state index contributed by atoms with van der Waals surface area (Å²) in [7, 11) is 13.3. The first-order chi connectivity index (χ1) is 41.8. The number of fused-ring (bicyclic) bond motifs is 8. The molecule has 9 rings (SSSR count). The summed E-state index contributed by atoms with van der Waals surface area (Å²) >= 11 is 0. The Labute approximate surface area is 560 Å². The van der Waals surface area contributed by atoms with Crippen molar-refractivity contribution in [1.29, 1.82) is 0 Å². The van der Waals surface area contributed by atoms with E-state index in [1.54, 1.807) is 0 Å². The number of hydrogen-bond acceptors (Lipinski definition) is 6. The van der Waals surface area contributed by atoms with Crippen molar-refractivity contribution in [3.8, 4) is 67.5 Å². The molecule has 5 heterocycles. The average molecular weight is 1410 g/mol. The number of H-pyrrole nitrogens is 2. The zero-order valence-electron chi connectivity index (χ0n) is 54.0. The van der Waals surface area contributed by atoms with Crippen LogP contribution in [0.5, 0.6) is 23.0 Å². The number of hydrogen-bond donors (Lipinski definition) is 2. The number of halogens is 2. The summed E-state index contributed by atoms with van der Waals surface area (Å²) in [4.78, 5) is 19.1. The molecule has 2 aliphatic rings. The lowest BCUT2D eigenvalue weighted by atomic mass is 10.0. The summed E-state index contributed by atoms with van der Waals surface area (Å²) in [6.45, 7) is 9.36. The first kappa shape index (κ1) is 69.5. The Morgan fingerprint density at radius 3 is 0.761 bits per heavy atom. The molecule has 3 aromatic heterocycles.